The summed E-state index contributed by atoms with van der Waals surface area (Å²) in [7, 11) is -3.66. The van der Waals surface area contributed by atoms with Crippen LogP contribution in [-0.2, 0) is 10.0 Å². The molecule has 1 atom stereocenters. The molecule has 4 nitrogen and oxygen atoms in total. The minimum absolute atomic E-state index is 0.0260. The summed E-state index contributed by atoms with van der Waals surface area (Å²) >= 11 is 13.6. The summed E-state index contributed by atoms with van der Waals surface area (Å²) < 4.78 is 27.1. The molecule has 0 saturated carbocycles. The van der Waals surface area contributed by atoms with E-state index in [4.69, 9.17) is 28.9 Å². The first kappa shape index (κ1) is 16.2. The molecule has 1 aliphatic rings. The van der Waals surface area contributed by atoms with E-state index < -0.39 is 10.0 Å². The first-order chi connectivity index (χ1) is 9.42. The van der Waals surface area contributed by atoms with Crippen LogP contribution in [0.1, 0.15) is 19.3 Å². The molecule has 0 aromatic heterocycles. The molecule has 0 bridgehead atoms. The fraction of sp³-hybridized carbons (Fsp3) is 0.500. The summed E-state index contributed by atoms with van der Waals surface area (Å²) in [5.41, 5.74) is 5.74. The van der Waals surface area contributed by atoms with Crippen LogP contribution in [-0.4, -0.2) is 26.0 Å². The van der Waals surface area contributed by atoms with Crippen LogP contribution in [0.25, 0.3) is 0 Å². The van der Waals surface area contributed by atoms with Gasteiger partial charge in [-0.2, -0.15) is 11.8 Å². The predicted octanol–water partition coefficient (Wildman–Crippen LogP) is 3.14. The highest BCUT2D eigenvalue weighted by molar-refractivity contribution is 8.00. The quantitative estimate of drug-likeness (QED) is 0.814. The molecule has 2 rings (SSSR count). The van der Waals surface area contributed by atoms with Crippen molar-refractivity contribution in [2.45, 2.75) is 29.4 Å². The van der Waals surface area contributed by atoms with Gasteiger partial charge in [-0.3, -0.25) is 0 Å². The molecular formula is C12H16Cl2N2O2S2. The lowest BCUT2D eigenvalue weighted by Crippen LogP contribution is -2.32. The second kappa shape index (κ2) is 6.75. The van der Waals surface area contributed by atoms with Crippen molar-refractivity contribution in [2.24, 2.45) is 0 Å². The highest BCUT2D eigenvalue weighted by atomic mass is 35.5. The molecule has 0 amide bonds. The van der Waals surface area contributed by atoms with E-state index in [1.165, 1.54) is 18.6 Å². The predicted molar refractivity (Wildman–Crippen MR) is 86.2 cm³/mol. The van der Waals surface area contributed by atoms with E-state index in [0.717, 1.165) is 18.6 Å². The Bertz CT molecular complexity index is 587. The molecule has 20 heavy (non-hydrogen) atoms. The third kappa shape index (κ3) is 3.74. The molecule has 1 aliphatic heterocycles. The number of benzene rings is 1. The monoisotopic (exact) mass is 354 g/mol. The van der Waals surface area contributed by atoms with Crippen LogP contribution < -0.4 is 10.5 Å². The standard InChI is InChI=1S/C12H16Cl2N2O2S2/c13-9-4-5-10(11(14)12(9)15)20(17,18)16-7-8-3-1-2-6-19-8/h4-5,8,16H,1-3,6-7,15H2. The molecular weight excluding hydrogens is 339 g/mol. The Balaban J connectivity index is 2.12. The molecule has 0 aliphatic carbocycles. The molecule has 0 spiro atoms. The Morgan fingerprint density at radius 1 is 1.35 bits per heavy atom. The van der Waals surface area contributed by atoms with Gasteiger partial charge in [-0.15, -0.1) is 0 Å². The summed E-state index contributed by atoms with van der Waals surface area (Å²) in [6, 6.07) is 2.81. The molecule has 1 aromatic rings. The number of hydrogen-bond donors (Lipinski definition) is 2. The number of nitrogens with two attached hydrogens (primary N) is 1. The average molecular weight is 355 g/mol. The van der Waals surface area contributed by atoms with Gasteiger partial charge in [0.15, 0.2) is 0 Å². The van der Waals surface area contributed by atoms with Gasteiger partial charge in [0.2, 0.25) is 10.0 Å². The molecule has 1 unspecified atom stereocenters. The fourth-order valence-electron chi connectivity index (χ4n) is 2.01. The smallest absolute Gasteiger partial charge is 0.242 e. The molecule has 0 radical (unpaired) electrons. The number of halogens is 2. The van der Waals surface area contributed by atoms with Crippen molar-refractivity contribution < 1.29 is 8.42 Å². The third-order valence-corrected chi connectivity index (χ3v) is 6.87. The largest absolute Gasteiger partial charge is 0.396 e. The van der Waals surface area contributed by atoms with E-state index in [1.807, 2.05) is 0 Å². The van der Waals surface area contributed by atoms with E-state index in [9.17, 15) is 8.42 Å². The van der Waals surface area contributed by atoms with Gasteiger partial charge in [0.05, 0.1) is 15.7 Å². The van der Waals surface area contributed by atoms with Crippen molar-refractivity contribution in [3.05, 3.63) is 22.2 Å². The van der Waals surface area contributed by atoms with Gasteiger partial charge >= 0.3 is 0 Å². The van der Waals surface area contributed by atoms with Gasteiger partial charge in [0.1, 0.15) is 4.90 Å². The van der Waals surface area contributed by atoms with E-state index in [-0.39, 0.29) is 20.6 Å². The second-order valence-corrected chi connectivity index (χ2v) is 8.54. The van der Waals surface area contributed by atoms with Crippen LogP contribution >= 0.6 is 35.0 Å². The Hall–Kier alpha value is -0.140. The van der Waals surface area contributed by atoms with Gasteiger partial charge < -0.3 is 5.73 Å². The van der Waals surface area contributed by atoms with E-state index >= 15 is 0 Å². The zero-order chi connectivity index (χ0) is 14.8. The number of hydrogen-bond acceptors (Lipinski definition) is 4. The number of sulfonamides is 1. The number of thioether (sulfide) groups is 1. The Kier molecular flexibility index (Phi) is 5.48. The second-order valence-electron chi connectivity index (χ2n) is 4.61. The molecule has 1 aromatic carbocycles. The van der Waals surface area contributed by atoms with Gasteiger partial charge in [-0.1, -0.05) is 29.6 Å². The fourth-order valence-corrected chi connectivity index (χ4v) is 5.19. The van der Waals surface area contributed by atoms with E-state index in [0.29, 0.717) is 11.8 Å². The van der Waals surface area contributed by atoms with E-state index in [1.54, 1.807) is 11.8 Å². The highest BCUT2D eigenvalue weighted by Gasteiger charge is 2.23. The average Bonchev–Trinajstić information content (AvgIpc) is 2.44. The normalized spacial score (nSPS) is 20.0. The maximum atomic E-state index is 12.3. The molecule has 112 valence electrons. The number of anilines is 1. The number of nitrogen functional groups attached to an aromatic ring is 1. The zero-order valence-corrected chi connectivity index (χ0v) is 13.9. The first-order valence-electron chi connectivity index (χ1n) is 6.26. The number of rotatable bonds is 4. The van der Waals surface area contributed by atoms with Gasteiger partial charge in [0.25, 0.3) is 0 Å². The van der Waals surface area contributed by atoms with Crippen molar-refractivity contribution in [1.82, 2.24) is 4.72 Å². The van der Waals surface area contributed by atoms with Crippen molar-refractivity contribution >= 4 is 50.7 Å². The van der Waals surface area contributed by atoms with Crippen LogP contribution in [0.3, 0.4) is 0 Å². The lowest BCUT2D eigenvalue weighted by atomic mass is 10.2. The Morgan fingerprint density at radius 2 is 2.10 bits per heavy atom. The maximum absolute atomic E-state index is 12.3. The van der Waals surface area contributed by atoms with Gasteiger partial charge in [-0.25, -0.2) is 13.1 Å². The highest BCUT2D eigenvalue weighted by Crippen LogP contribution is 2.33. The molecule has 1 heterocycles. The van der Waals surface area contributed by atoms with Gasteiger partial charge in [-0.05, 0) is 30.7 Å². The summed E-state index contributed by atoms with van der Waals surface area (Å²) in [4.78, 5) is -0.0260. The van der Waals surface area contributed by atoms with Crippen molar-refractivity contribution in [3.63, 3.8) is 0 Å². The van der Waals surface area contributed by atoms with Crippen LogP contribution in [0, 0.1) is 0 Å². The third-order valence-electron chi connectivity index (χ3n) is 3.16. The van der Waals surface area contributed by atoms with Gasteiger partial charge in [0, 0.05) is 11.8 Å². The van der Waals surface area contributed by atoms with E-state index in [2.05, 4.69) is 4.72 Å². The SMILES string of the molecule is Nc1c(Cl)ccc(S(=O)(=O)NCC2CCCCS2)c1Cl. The first-order valence-corrected chi connectivity index (χ1v) is 9.55. The van der Waals surface area contributed by atoms with Crippen LogP contribution in [0.15, 0.2) is 17.0 Å². The molecule has 8 heteroatoms. The van der Waals surface area contributed by atoms with Crippen LogP contribution in [0.5, 0.6) is 0 Å². The topological polar surface area (TPSA) is 72.2 Å². The molecule has 1 fully saturated rings. The maximum Gasteiger partial charge on any atom is 0.242 e. The van der Waals surface area contributed by atoms with Crippen molar-refractivity contribution in [3.8, 4) is 0 Å². The summed E-state index contributed by atoms with van der Waals surface area (Å²) in [5.74, 6) is 1.08. The summed E-state index contributed by atoms with van der Waals surface area (Å²) in [6.07, 6.45) is 3.38. The van der Waals surface area contributed by atoms with Crippen molar-refractivity contribution in [1.29, 1.82) is 0 Å². The lowest BCUT2D eigenvalue weighted by Gasteiger charge is -2.21. The zero-order valence-electron chi connectivity index (χ0n) is 10.7. The van der Waals surface area contributed by atoms with Crippen molar-refractivity contribution in [2.75, 3.05) is 18.0 Å². The molecule has 1 saturated heterocycles. The Morgan fingerprint density at radius 3 is 2.75 bits per heavy atom. The summed E-state index contributed by atoms with van der Waals surface area (Å²) in [5, 5.41) is 0.542. The lowest BCUT2D eigenvalue weighted by molar-refractivity contribution is 0.574. The summed E-state index contributed by atoms with van der Waals surface area (Å²) in [6.45, 7) is 0.409. The van der Waals surface area contributed by atoms with Crippen LogP contribution in [0.2, 0.25) is 10.0 Å². The molecule has 3 N–H and O–H groups in total. The Labute approximate surface area is 133 Å². The van der Waals surface area contributed by atoms with Crippen LogP contribution in [0.4, 0.5) is 5.69 Å². The minimum atomic E-state index is -3.66. The minimum Gasteiger partial charge on any atom is -0.396 e. The number of nitrogens with one attached hydrogen (secondary N) is 1.